The average molecular weight is 524 g/mol. The van der Waals surface area contributed by atoms with Crippen LogP contribution >= 0.6 is 15.9 Å². The number of aromatic nitrogens is 2. The van der Waals surface area contributed by atoms with Gasteiger partial charge in [0.1, 0.15) is 18.4 Å². The fourth-order valence-electron chi connectivity index (χ4n) is 4.27. The van der Waals surface area contributed by atoms with Gasteiger partial charge in [-0.05, 0) is 41.5 Å². The molecule has 1 unspecified atom stereocenters. The lowest BCUT2D eigenvalue weighted by Crippen LogP contribution is -2.62. The van der Waals surface area contributed by atoms with Crippen molar-refractivity contribution < 1.29 is 14.3 Å². The number of fused-ring (bicyclic) bond motifs is 1. The summed E-state index contributed by atoms with van der Waals surface area (Å²) >= 11 is 3.41. The monoisotopic (exact) mass is 523 g/mol. The molecule has 0 spiro atoms. The molecule has 4 rings (SSSR count). The highest BCUT2D eigenvalue weighted by molar-refractivity contribution is 9.10. The largest absolute Gasteiger partial charge is 0.383 e. The van der Waals surface area contributed by atoms with Crippen molar-refractivity contribution in [2.45, 2.75) is 18.6 Å². The number of nitrogens with two attached hydrogens (primary N) is 1. The molecular formula is C25H26BrN5O3. The van der Waals surface area contributed by atoms with Crippen molar-refractivity contribution in [3.8, 4) is 0 Å². The van der Waals surface area contributed by atoms with Crippen LogP contribution in [-0.2, 0) is 20.9 Å². The summed E-state index contributed by atoms with van der Waals surface area (Å²) in [5.74, 6) is 0.292. The molecule has 2 heterocycles. The summed E-state index contributed by atoms with van der Waals surface area (Å²) in [5.41, 5.74) is 8.61. The van der Waals surface area contributed by atoms with Crippen molar-refractivity contribution in [3.05, 3.63) is 70.5 Å². The van der Waals surface area contributed by atoms with Crippen LogP contribution in [0.5, 0.6) is 0 Å². The summed E-state index contributed by atoms with van der Waals surface area (Å²) in [7, 11) is 1.58. The number of methoxy groups -OCH3 is 1. The first-order valence-electron chi connectivity index (χ1n) is 10.9. The average Bonchev–Trinajstić information content (AvgIpc) is 2.84. The molecule has 0 bridgehead atoms. The van der Waals surface area contributed by atoms with Gasteiger partial charge >= 0.3 is 0 Å². The number of rotatable bonds is 7. The Morgan fingerprint density at radius 1 is 1.21 bits per heavy atom. The minimum Gasteiger partial charge on any atom is -0.383 e. The number of hydrogen-bond acceptors (Lipinski definition) is 7. The van der Waals surface area contributed by atoms with Gasteiger partial charge in [0, 0.05) is 42.7 Å². The minimum atomic E-state index is -0.495. The summed E-state index contributed by atoms with van der Waals surface area (Å²) in [6.07, 6.45) is 5.68. The summed E-state index contributed by atoms with van der Waals surface area (Å²) < 4.78 is 6.37. The van der Waals surface area contributed by atoms with Crippen LogP contribution in [0.3, 0.4) is 0 Å². The van der Waals surface area contributed by atoms with Gasteiger partial charge in [0.05, 0.1) is 24.2 Å². The van der Waals surface area contributed by atoms with Crippen LogP contribution in [0.2, 0.25) is 0 Å². The smallest absolute Gasteiger partial charge is 0.247 e. The maximum Gasteiger partial charge on any atom is 0.247 e. The predicted octanol–water partition coefficient (Wildman–Crippen LogP) is 2.91. The van der Waals surface area contributed by atoms with Crippen LogP contribution in [0.4, 0.5) is 5.82 Å². The number of benzene rings is 2. The van der Waals surface area contributed by atoms with E-state index in [-0.39, 0.29) is 12.5 Å². The molecule has 1 amide bonds. The lowest BCUT2D eigenvalue weighted by atomic mass is 10.0. The second-order valence-corrected chi connectivity index (χ2v) is 9.06. The molecule has 9 heteroatoms. The highest BCUT2D eigenvalue weighted by Crippen LogP contribution is 2.23. The maximum absolute atomic E-state index is 13.0. The highest BCUT2D eigenvalue weighted by Gasteiger charge is 2.38. The van der Waals surface area contributed by atoms with Crippen LogP contribution in [0, 0.1) is 0 Å². The fourth-order valence-corrected chi connectivity index (χ4v) is 4.53. The number of hydrogen-bond donors (Lipinski definition) is 1. The number of halogens is 1. The highest BCUT2D eigenvalue weighted by atomic mass is 79.9. The second kappa shape index (κ2) is 10.9. The zero-order chi connectivity index (χ0) is 24.1. The molecule has 2 aromatic carbocycles. The summed E-state index contributed by atoms with van der Waals surface area (Å²) in [5, 5.41) is 0.795. The number of nitrogen functional groups attached to an aromatic ring is 1. The van der Waals surface area contributed by atoms with Crippen LogP contribution in [0.15, 0.2) is 59.3 Å². The molecule has 1 aromatic heterocycles. The molecule has 34 heavy (non-hydrogen) atoms. The lowest BCUT2D eigenvalue weighted by Gasteiger charge is -2.45. The molecule has 176 valence electrons. The first-order chi connectivity index (χ1) is 16.5. The van der Waals surface area contributed by atoms with E-state index in [0.717, 1.165) is 32.8 Å². The predicted molar refractivity (Wildman–Crippen MR) is 135 cm³/mol. The Balaban J connectivity index is 1.51. The van der Waals surface area contributed by atoms with Gasteiger partial charge in [-0.2, -0.15) is 0 Å². The van der Waals surface area contributed by atoms with Gasteiger partial charge in [0.2, 0.25) is 5.91 Å². The van der Waals surface area contributed by atoms with Crippen LogP contribution in [0.25, 0.3) is 17.0 Å². The molecule has 3 aromatic rings. The van der Waals surface area contributed by atoms with Crippen molar-refractivity contribution in [1.82, 2.24) is 19.8 Å². The number of piperazine rings is 1. The van der Waals surface area contributed by atoms with Gasteiger partial charge in [0.25, 0.3) is 0 Å². The zero-order valence-corrected chi connectivity index (χ0v) is 20.4. The topological polar surface area (TPSA) is 102 Å². The van der Waals surface area contributed by atoms with Gasteiger partial charge in [-0.1, -0.05) is 34.1 Å². The van der Waals surface area contributed by atoms with E-state index >= 15 is 0 Å². The second-order valence-electron chi connectivity index (χ2n) is 8.15. The van der Waals surface area contributed by atoms with Crippen molar-refractivity contribution in [1.29, 1.82) is 0 Å². The van der Waals surface area contributed by atoms with Gasteiger partial charge in [-0.25, -0.2) is 9.97 Å². The van der Waals surface area contributed by atoms with E-state index in [2.05, 4.69) is 30.8 Å². The summed E-state index contributed by atoms with van der Waals surface area (Å²) in [6.45, 7) is 1.86. The number of carbonyl (C=O) groups is 2. The molecule has 2 atom stereocenters. The number of amides is 1. The van der Waals surface area contributed by atoms with Gasteiger partial charge in [-0.3, -0.25) is 9.69 Å². The molecule has 2 N–H and O–H groups in total. The normalized spacial score (nSPS) is 19.1. The first-order valence-corrected chi connectivity index (χ1v) is 11.7. The quantitative estimate of drug-likeness (QED) is 0.375. The Morgan fingerprint density at radius 3 is 2.74 bits per heavy atom. The Labute approximate surface area is 206 Å². The number of nitrogens with zero attached hydrogens (tertiary/aromatic N) is 4. The maximum atomic E-state index is 13.0. The molecule has 1 saturated heterocycles. The van der Waals surface area contributed by atoms with Crippen LogP contribution < -0.4 is 5.73 Å². The molecule has 1 fully saturated rings. The standard InChI is InChI=1S/C25H26BrN5O3/c1-34-15-23-22(14-32)30(13-18-4-8-20-21(12-18)28-16-29-25(20)27)10-11-31(23)24(33)9-5-17-2-6-19(26)7-3-17/h2-9,12,14,16,22-23H,10-11,13,15H2,1H3,(H2,27,28,29)/t22?,23-/m1/s1. The molecular weight excluding hydrogens is 498 g/mol. The van der Waals surface area contributed by atoms with E-state index in [1.54, 1.807) is 24.2 Å². The van der Waals surface area contributed by atoms with Crippen molar-refractivity contribution in [2.75, 3.05) is 32.5 Å². The molecule has 1 aliphatic rings. The number of aldehydes is 1. The number of ether oxygens (including phenoxy) is 1. The van der Waals surface area contributed by atoms with Crippen molar-refractivity contribution in [3.63, 3.8) is 0 Å². The molecule has 1 aliphatic heterocycles. The Morgan fingerprint density at radius 2 is 2.00 bits per heavy atom. The van der Waals surface area contributed by atoms with Gasteiger partial charge in [0.15, 0.2) is 0 Å². The first kappa shape index (κ1) is 24.0. The van der Waals surface area contributed by atoms with Crippen LogP contribution in [-0.4, -0.2) is 70.9 Å². The van der Waals surface area contributed by atoms with Crippen molar-refractivity contribution >= 4 is 50.9 Å². The Bertz CT molecular complexity index is 1200. The van der Waals surface area contributed by atoms with E-state index in [9.17, 15) is 9.59 Å². The van der Waals surface area contributed by atoms with E-state index in [0.29, 0.717) is 25.5 Å². The van der Waals surface area contributed by atoms with Crippen LogP contribution in [0.1, 0.15) is 11.1 Å². The van der Waals surface area contributed by atoms with Crippen molar-refractivity contribution in [2.24, 2.45) is 0 Å². The third-order valence-electron chi connectivity index (χ3n) is 6.01. The third-order valence-corrected chi connectivity index (χ3v) is 6.54. The third kappa shape index (κ3) is 5.32. The molecule has 0 saturated carbocycles. The minimum absolute atomic E-state index is 0.144. The Hall–Kier alpha value is -3.14. The van der Waals surface area contributed by atoms with Gasteiger partial charge < -0.3 is 20.2 Å². The summed E-state index contributed by atoms with van der Waals surface area (Å²) in [6, 6.07) is 12.6. The summed E-state index contributed by atoms with van der Waals surface area (Å²) in [4.78, 5) is 37.4. The van der Waals surface area contributed by atoms with Gasteiger partial charge in [-0.15, -0.1) is 0 Å². The van der Waals surface area contributed by atoms with E-state index in [1.165, 1.54) is 6.33 Å². The molecule has 8 nitrogen and oxygen atoms in total. The molecule has 0 radical (unpaired) electrons. The van der Waals surface area contributed by atoms with E-state index in [1.807, 2.05) is 42.5 Å². The lowest BCUT2D eigenvalue weighted by molar-refractivity contribution is -0.138. The molecule has 0 aliphatic carbocycles. The van der Waals surface area contributed by atoms with E-state index in [4.69, 9.17) is 10.5 Å². The Kier molecular flexibility index (Phi) is 7.66. The zero-order valence-electron chi connectivity index (χ0n) is 18.8. The number of anilines is 1. The fraction of sp³-hybridized carbons (Fsp3) is 0.280. The SMILES string of the molecule is COC[C@@H]1C(C=O)N(Cc2ccc3c(N)ncnc3c2)CCN1C(=O)C=Cc1ccc(Br)cc1. The number of carbonyl (C=O) groups excluding carboxylic acids is 2. The van der Waals surface area contributed by atoms with E-state index < -0.39 is 12.1 Å².